The van der Waals surface area contributed by atoms with Gasteiger partial charge in [-0.1, -0.05) is 11.6 Å². The van der Waals surface area contributed by atoms with Crippen molar-refractivity contribution in [2.24, 2.45) is 0 Å². The molecule has 1 rings (SSSR count). The molecule has 1 nitrogen and oxygen atoms in total. The molecule has 0 atom stereocenters. The summed E-state index contributed by atoms with van der Waals surface area (Å²) in [5.41, 5.74) is 2.63. The zero-order chi connectivity index (χ0) is 10.6. The van der Waals surface area contributed by atoms with Gasteiger partial charge in [-0.3, -0.25) is 0 Å². The van der Waals surface area contributed by atoms with Gasteiger partial charge in [0.2, 0.25) is 0 Å². The van der Waals surface area contributed by atoms with Crippen molar-refractivity contribution in [3.8, 4) is 0 Å². The van der Waals surface area contributed by atoms with Gasteiger partial charge >= 0.3 is 0 Å². The van der Waals surface area contributed by atoms with Gasteiger partial charge in [-0.2, -0.15) is 0 Å². The van der Waals surface area contributed by atoms with E-state index in [4.69, 9.17) is 0 Å². The summed E-state index contributed by atoms with van der Waals surface area (Å²) in [4.78, 5) is 0. The lowest BCUT2D eigenvalue weighted by Gasteiger charge is -2.06. The summed E-state index contributed by atoms with van der Waals surface area (Å²) in [5.74, 6) is -0.162. The zero-order valence-corrected chi connectivity index (χ0v) is 8.73. The van der Waals surface area contributed by atoms with Crippen molar-refractivity contribution in [2.45, 2.75) is 20.3 Å². The van der Waals surface area contributed by atoms with E-state index < -0.39 is 0 Å². The van der Waals surface area contributed by atoms with Crippen LogP contribution >= 0.6 is 0 Å². The van der Waals surface area contributed by atoms with Crippen LogP contribution < -0.4 is 5.32 Å². The molecule has 0 aliphatic rings. The Hall–Kier alpha value is -1.31. The highest BCUT2D eigenvalue weighted by molar-refractivity contribution is 5.45. The Labute approximate surface area is 84.6 Å². The third-order valence-corrected chi connectivity index (χ3v) is 2.05. The molecule has 1 aromatic carbocycles. The van der Waals surface area contributed by atoms with Crippen LogP contribution in [0.25, 0.3) is 0 Å². The van der Waals surface area contributed by atoms with Crippen molar-refractivity contribution in [1.29, 1.82) is 0 Å². The molecule has 0 bridgehead atoms. The number of halogens is 1. The van der Waals surface area contributed by atoms with Crippen molar-refractivity contribution in [3.63, 3.8) is 0 Å². The Bertz CT molecular complexity index is 331. The first-order valence-corrected chi connectivity index (χ1v) is 4.74. The van der Waals surface area contributed by atoms with Crippen molar-refractivity contribution in [2.75, 3.05) is 11.9 Å². The average molecular weight is 193 g/mol. The molecule has 0 spiro atoms. The van der Waals surface area contributed by atoms with Gasteiger partial charge in [0.25, 0.3) is 0 Å². The SMILES string of the molecule is C=C(C)CCNc1ccc(C)c(F)c1. The van der Waals surface area contributed by atoms with Crippen LogP contribution in [0.1, 0.15) is 18.9 Å². The molecule has 0 unspecified atom stereocenters. The van der Waals surface area contributed by atoms with E-state index in [2.05, 4.69) is 11.9 Å². The van der Waals surface area contributed by atoms with E-state index >= 15 is 0 Å². The van der Waals surface area contributed by atoms with Crippen LogP contribution in [-0.2, 0) is 0 Å². The van der Waals surface area contributed by atoms with Gasteiger partial charge < -0.3 is 5.32 Å². The lowest BCUT2D eigenvalue weighted by Crippen LogP contribution is -2.02. The topological polar surface area (TPSA) is 12.0 Å². The molecule has 0 aromatic heterocycles. The highest BCUT2D eigenvalue weighted by Gasteiger charge is 1.98. The Morgan fingerprint density at radius 2 is 2.21 bits per heavy atom. The third-order valence-electron chi connectivity index (χ3n) is 2.05. The van der Waals surface area contributed by atoms with E-state index in [1.165, 1.54) is 6.07 Å². The summed E-state index contributed by atoms with van der Waals surface area (Å²) < 4.78 is 13.1. The summed E-state index contributed by atoms with van der Waals surface area (Å²) in [6.07, 6.45) is 0.912. The molecule has 14 heavy (non-hydrogen) atoms. The van der Waals surface area contributed by atoms with Crippen LogP contribution in [0.2, 0.25) is 0 Å². The molecule has 0 saturated heterocycles. The highest BCUT2D eigenvalue weighted by Crippen LogP contribution is 2.13. The first-order chi connectivity index (χ1) is 6.59. The minimum absolute atomic E-state index is 0.162. The zero-order valence-electron chi connectivity index (χ0n) is 8.73. The maximum absolute atomic E-state index is 13.1. The number of benzene rings is 1. The van der Waals surface area contributed by atoms with Crippen LogP contribution in [0.5, 0.6) is 0 Å². The van der Waals surface area contributed by atoms with E-state index in [0.29, 0.717) is 5.56 Å². The van der Waals surface area contributed by atoms with Crippen LogP contribution in [0.3, 0.4) is 0 Å². The van der Waals surface area contributed by atoms with Gasteiger partial charge in [-0.15, -0.1) is 6.58 Å². The Balaban J connectivity index is 2.51. The monoisotopic (exact) mass is 193 g/mol. The normalized spacial score (nSPS) is 9.93. The predicted molar refractivity (Wildman–Crippen MR) is 59.1 cm³/mol. The fourth-order valence-electron chi connectivity index (χ4n) is 1.12. The first kappa shape index (κ1) is 10.8. The van der Waals surface area contributed by atoms with Crippen LogP contribution in [0, 0.1) is 12.7 Å². The number of rotatable bonds is 4. The smallest absolute Gasteiger partial charge is 0.128 e. The first-order valence-electron chi connectivity index (χ1n) is 4.74. The standard InChI is InChI=1S/C12H16FN/c1-9(2)6-7-14-11-5-4-10(3)12(13)8-11/h4-5,8,14H,1,6-7H2,2-3H3. The lowest BCUT2D eigenvalue weighted by atomic mass is 10.2. The van der Waals surface area contributed by atoms with Gasteiger partial charge in [0.15, 0.2) is 0 Å². The molecular formula is C12H16FN. The van der Waals surface area contributed by atoms with Crippen LogP contribution in [-0.4, -0.2) is 6.54 Å². The molecule has 0 fully saturated rings. The maximum atomic E-state index is 13.1. The Morgan fingerprint density at radius 1 is 1.50 bits per heavy atom. The molecule has 76 valence electrons. The number of hydrogen-bond acceptors (Lipinski definition) is 1. The second-order valence-corrected chi connectivity index (χ2v) is 3.60. The van der Waals surface area contributed by atoms with E-state index in [-0.39, 0.29) is 5.82 Å². The summed E-state index contributed by atoms with van der Waals surface area (Å²) in [7, 11) is 0. The Kier molecular flexibility index (Phi) is 3.69. The fraction of sp³-hybridized carbons (Fsp3) is 0.333. The second-order valence-electron chi connectivity index (χ2n) is 3.60. The second kappa shape index (κ2) is 4.80. The van der Waals surface area contributed by atoms with Gasteiger partial charge in [-0.05, 0) is 38.0 Å². The van der Waals surface area contributed by atoms with E-state index in [1.807, 2.05) is 13.0 Å². The fourth-order valence-corrected chi connectivity index (χ4v) is 1.12. The van der Waals surface area contributed by atoms with Crippen molar-refractivity contribution in [3.05, 3.63) is 41.7 Å². The van der Waals surface area contributed by atoms with Gasteiger partial charge in [-0.25, -0.2) is 4.39 Å². The molecule has 0 saturated carbocycles. The summed E-state index contributed by atoms with van der Waals surface area (Å²) >= 11 is 0. The Morgan fingerprint density at radius 3 is 2.79 bits per heavy atom. The predicted octanol–water partition coefficient (Wildman–Crippen LogP) is 3.51. The number of anilines is 1. The minimum Gasteiger partial charge on any atom is -0.385 e. The van der Waals surface area contributed by atoms with Crippen LogP contribution in [0.4, 0.5) is 10.1 Å². The van der Waals surface area contributed by atoms with Crippen molar-refractivity contribution < 1.29 is 4.39 Å². The summed E-state index contributed by atoms with van der Waals surface area (Å²) in [5, 5.41) is 3.14. The molecule has 2 heteroatoms. The molecule has 0 aliphatic carbocycles. The van der Waals surface area contributed by atoms with Gasteiger partial charge in [0, 0.05) is 12.2 Å². The summed E-state index contributed by atoms with van der Waals surface area (Å²) in [6, 6.07) is 5.18. The molecule has 0 radical (unpaired) electrons. The largest absolute Gasteiger partial charge is 0.385 e. The maximum Gasteiger partial charge on any atom is 0.128 e. The van der Waals surface area contributed by atoms with Crippen molar-refractivity contribution in [1.82, 2.24) is 0 Å². The quantitative estimate of drug-likeness (QED) is 0.721. The average Bonchev–Trinajstić information content (AvgIpc) is 2.10. The highest BCUT2D eigenvalue weighted by atomic mass is 19.1. The van der Waals surface area contributed by atoms with Gasteiger partial charge in [0.05, 0.1) is 0 Å². The summed E-state index contributed by atoms with van der Waals surface area (Å²) in [6.45, 7) is 8.35. The molecule has 0 aliphatic heterocycles. The lowest BCUT2D eigenvalue weighted by molar-refractivity contribution is 0.619. The van der Waals surface area contributed by atoms with E-state index in [0.717, 1.165) is 24.2 Å². The molecular weight excluding hydrogens is 177 g/mol. The number of nitrogens with one attached hydrogen (secondary N) is 1. The molecule has 0 amide bonds. The van der Waals surface area contributed by atoms with Crippen LogP contribution in [0.15, 0.2) is 30.4 Å². The van der Waals surface area contributed by atoms with Crippen molar-refractivity contribution >= 4 is 5.69 Å². The number of aryl methyl sites for hydroxylation is 1. The van der Waals surface area contributed by atoms with E-state index in [9.17, 15) is 4.39 Å². The van der Waals surface area contributed by atoms with E-state index in [1.54, 1.807) is 13.0 Å². The number of hydrogen-bond donors (Lipinski definition) is 1. The molecule has 1 aromatic rings. The van der Waals surface area contributed by atoms with Gasteiger partial charge in [0.1, 0.15) is 5.82 Å². The molecule has 0 heterocycles. The minimum atomic E-state index is -0.162. The third kappa shape index (κ3) is 3.21. The molecule has 1 N–H and O–H groups in total.